The molecule has 0 aromatic rings. The van der Waals surface area contributed by atoms with E-state index in [1.54, 1.807) is 0 Å². The van der Waals surface area contributed by atoms with Crippen molar-refractivity contribution in [3.05, 3.63) is 12.2 Å². The number of esters is 3. The number of carbonyl (C=O) groups is 3. The fourth-order valence-corrected chi connectivity index (χ4v) is 11.3. The quantitative estimate of drug-likeness (QED) is 0.0261. The minimum Gasteiger partial charge on any atom is -0.462 e. The summed E-state index contributed by atoms with van der Waals surface area (Å²) < 4.78 is 17.0. The molecule has 0 fully saturated rings. The molecule has 0 saturated carbocycles. The second-order valence-corrected chi connectivity index (χ2v) is 24.9. The van der Waals surface area contributed by atoms with Gasteiger partial charge in [0, 0.05) is 19.3 Å². The summed E-state index contributed by atoms with van der Waals surface area (Å²) >= 11 is 0. The third kappa shape index (κ3) is 66.8. The van der Waals surface area contributed by atoms with Gasteiger partial charge in [0.25, 0.3) is 0 Å². The molecule has 0 aromatic carbocycles. The molecule has 468 valence electrons. The normalized spacial score (nSPS) is 12.0. The summed E-state index contributed by atoms with van der Waals surface area (Å²) in [5, 5.41) is 0. The molecule has 0 aliphatic heterocycles. The first-order chi connectivity index (χ1) is 39.0. The number of hydrogen-bond acceptors (Lipinski definition) is 6. The molecule has 0 aliphatic rings. The Bertz CT molecular complexity index is 1230. The summed E-state index contributed by atoms with van der Waals surface area (Å²) in [6.45, 7) is 6.72. The highest BCUT2D eigenvalue weighted by Crippen LogP contribution is 2.19. The number of hydrogen-bond donors (Lipinski definition) is 0. The van der Waals surface area contributed by atoms with Crippen LogP contribution in [-0.2, 0) is 28.6 Å². The van der Waals surface area contributed by atoms with Crippen molar-refractivity contribution in [2.75, 3.05) is 13.2 Å². The van der Waals surface area contributed by atoms with Gasteiger partial charge in [-0.25, -0.2) is 0 Å². The number of carbonyl (C=O) groups excluding carboxylic acids is 3. The molecule has 0 N–H and O–H groups in total. The average molecular weight is 1110 g/mol. The summed E-state index contributed by atoms with van der Waals surface area (Å²) in [4.78, 5) is 38.3. The van der Waals surface area contributed by atoms with Crippen molar-refractivity contribution < 1.29 is 28.6 Å². The lowest BCUT2D eigenvalue weighted by molar-refractivity contribution is -0.167. The molecule has 0 aliphatic carbocycles. The standard InChI is InChI=1S/C73H140O6/c1-4-7-10-13-16-19-22-25-27-28-29-30-31-32-33-34-35-36-37-38-39-40-41-42-43-44-46-48-51-54-57-60-63-66-72(75)78-69-70(68-77-71(74)65-62-59-56-53-50-47-24-21-18-15-12-9-6-3)79-73(76)67-64-61-58-55-52-49-45-26-23-20-17-14-11-8-5-2/h28-29,70H,4-27,30-69H2,1-3H3/b29-28-. The Morgan fingerprint density at radius 3 is 0.633 bits per heavy atom. The zero-order chi connectivity index (χ0) is 57.1. The minimum atomic E-state index is -0.764. The van der Waals surface area contributed by atoms with Crippen molar-refractivity contribution >= 4 is 17.9 Å². The summed E-state index contributed by atoms with van der Waals surface area (Å²) in [7, 11) is 0. The fraction of sp³-hybridized carbons (Fsp3) is 0.932. The van der Waals surface area contributed by atoms with Crippen LogP contribution in [0.4, 0.5) is 0 Å². The molecule has 0 bridgehead atoms. The molecule has 0 heterocycles. The van der Waals surface area contributed by atoms with Crippen molar-refractivity contribution in [3.63, 3.8) is 0 Å². The molecule has 79 heavy (non-hydrogen) atoms. The van der Waals surface area contributed by atoms with E-state index < -0.39 is 6.10 Å². The van der Waals surface area contributed by atoms with Gasteiger partial charge in [-0.05, 0) is 44.9 Å². The third-order valence-electron chi connectivity index (χ3n) is 16.8. The van der Waals surface area contributed by atoms with Crippen LogP contribution in [0.5, 0.6) is 0 Å². The predicted octanol–water partition coefficient (Wildman–Crippen LogP) is 24.8. The molecule has 6 heteroatoms. The van der Waals surface area contributed by atoms with Crippen molar-refractivity contribution in [3.8, 4) is 0 Å². The Kier molecular flexibility index (Phi) is 67.0. The SMILES string of the molecule is CCCCCCCCCC/C=C\CCCCCCCCCCCCCCCCCCCCCCCC(=O)OCC(COC(=O)CCCCCCCCCCCCCCC)OC(=O)CCCCCCCCCCCCCCCCC. The summed E-state index contributed by atoms with van der Waals surface area (Å²) in [5.41, 5.74) is 0. The summed E-state index contributed by atoms with van der Waals surface area (Å²) in [5.74, 6) is -0.826. The molecule has 1 atom stereocenters. The van der Waals surface area contributed by atoms with Gasteiger partial charge in [-0.3, -0.25) is 14.4 Å². The Morgan fingerprint density at radius 2 is 0.418 bits per heavy atom. The number of rotatable bonds is 68. The first-order valence-electron chi connectivity index (χ1n) is 36.2. The second kappa shape index (κ2) is 68.6. The van der Waals surface area contributed by atoms with Crippen LogP contribution in [0.2, 0.25) is 0 Å². The highest BCUT2D eigenvalue weighted by Gasteiger charge is 2.20. The zero-order valence-corrected chi connectivity index (χ0v) is 53.9. The van der Waals surface area contributed by atoms with Gasteiger partial charge in [0.05, 0.1) is 0 Å². The maximum absolute atomic E-state index is 12.9. The van der Waals surface area contributed by atoms with Crippen molar-refractivity contribution in [2.45, 2.75) is 425 Å². The first-order valence-corrected chi connectivity index (χ1v) is 36.2. The largest absolute Gasteiger partial charge is 0.462 e. The summed E-state index contributed by atoms with van der Waals surface area (Å²) in [6, 6.07) is 0. The maximum atomic E-state index is 12.9. The molecular weight excluding hydrogens is 973 g/mol. The van der Waals surface area contributed by atoms with Crippen molar-refractivity contribution in [2.24, 2.45) is 0 Å². The lowest BCUT2D eigenvalue weighted by Crippen LogP contribution is -2.30. The highest BCUT2D eigenvalue weighted by molar-refractivity contribution is 5.71. The number of ether oxygens (including phenoxy) is 3. The van der Waals surface area contributed by atoms with E-state index in [9.17, 15) is 14.4 Å². The lowest BCUT2D eigenvalue weighted by Gasteiger charge is -2.18. The maximum Gasteiger partial charge on any atom is 0.306 e. The molecule has 0 saturated heterocycles. The van der Waals surface area contributed by atoms with Crippen LogP contribution in [0.1, 0.15) is 419 Å². The van der Waals surface area contributed by atoms with Gasteiger partial charge in [0.15, 0.2) is 6.10 Å². The van der Waals surface area contributed by atoms with Crippen LogP contribution in [0.3, 0.4) is 0 Å². The van der Waals surface area contributed by atoms with Crippen LogP contribution in [0, 0.1) is 0 Å². The van der Waals surface area contributed by atoms with Crippen molar-refractivity contribution in [1.29, 1.82) is 0 Å². The van der Waals surface area contributed by atoms with Gasteiger partial charge in [0.1, 0.15) is 13.2 Å². The fourth-order valence-electron chi connectivity index (χ4n) is 11.3. The van der Waals surface area contributed by atoms with E-state index in [0.29, 0.717) is 19.3 Å². The first kappa shape index (κ1) is 77.2. The van der Waals surface area contributed by atoms with Crippen LogP contribution < -0.4 is 0 Å². The Morgan fingerprint density at radius 1 is 0.241 bits per heavy atom. The number of unbranched alkanes of at least 4 members (excludes halogenated alkanes) is 55. The average Bonchev–Trinajstić information content (AvgIpc) is 3.45. The Labute approximate surface area is 494 Å². The second-order valence-electron chi connectivity index (χ2n) is 24.9. The number of allylic oxidation sites excluding steroid dienone is 2. The van der Waals surface area contributed by atoms with Crippen LogP contribution in [0.25, 0.3) is 0 Å². The monoisotopic (exact) mass is 1110 g/mol. The van der Waals surface area contributed by atoms with Gasteiger partial charge < -0.3 is 14.2 Å². The molecule has 0 rings (SSSR count). The van der Waals surface area contributed by atoms with Gasteiger partial charge >= 0.3 is 17.9 Å². The van der Waals surface area contributed by atoms with Gasteiger partial charge in [0.2, 0.25) is 0 Å². The van der Waals surface area contributed by atoms with Gasteiger partial charge in [-0.2, -0.15) is 0 Å². The van der Waals surface area contributed by atoms with E-state index in [-0.39, 0.29) is 31.1 Å². The smallest absolute Gasteiger partial charge is 0.306 e. The van der Waals surface area contributed by atoms with Gasteiger partial charge in [-0.15, -0.1) is 0 Å². The summed E-state index contributed by atoms with van der Waals surface area (Å²) in [6.07, 6.45) is 82.6. The topological polar surface area (TPSA) is 78.9 Å². The van der Waals surface area contributed by atoms with Crippen LogP contribution in [0.15, 0.2) is 12.2 Å². The molecule has 1 unspecified atom stereocenters. The van der Waals surface area contributed by atoms with E-state index >= 15 is 0 Å². The third-order valence-corrected chi connectivity index (χ3v) is 16.8. The Hall–Kier alpha value is -1.85. The van der Waals surface area contributed by atoms with E-state index in [0.717, 1.165) is 57.8 Å². The van der Waals surface area contributed by atoms with Gasteiger partial charge in [-0.1, -0.05) is 367 Å². The van der Waals surface area contributed by atoms with Crippen LogP contribution in [-0.4, -0.2) is 37.2 Å². The molecule has 0 spiro atoms. The predicted molar refractivity (Wildman–Crippen MR) is 344 cm³/mol. The van der Waals surface area contributed by atoms with E-state index in [4.69, 9.17) is 14.2 Å². The molecule has 0 radical (unpaired) electrons. The lowest BCUT2D eigenvalue weighted by atomic mass is 10.0. The van der Waals surface area contributed by atoms with E-state index in [1.807, 2.05) is 0 Å². The minimum absolute atomic E-state index is 0.0617. The van der Waals surface area contributed by atoms with Crippen molar-refractivity contribution in [1.82, 2.24) is 0 Å². The Balaban J connectivity index is 4.05. The van der Waals surface area contributed by atoms with E-state index in [1.165, 1.54) is 321 Å². The molecule has 6 nitrogen and oxygen atoms in total. The molecule has 0 amide bonds. The van der Waals surface area contributed by atoms with Crippen LogP contribution >= 0.6 is 0 Å². The molecular formula is C73H140O6. The van der Waals surface area contributed by atoms with E-state index in [2.05, 4.69) is 32.9 Å². The molecule has 0 aromatic heterocycles. The highest BCUT2D eigenvalue weighted by atomic mass is 16.6. The zero-order valence-electron chi connectivity index (χ0n) is 53.9.